The van der Waals surface area contributed by atoms with Crippen LogP contribution < -0.4 is 11.3 Å². The van der Waals surface area contributed by atoms with E-state index in [0.29, 0.717) is 10.1 Å². The molecule has 0 aliphatic carbocycles. The molecule has 0 amide bonds. The van der Waals surface area contributed by atoms with Gasteiger partial charge in [0.05, 0.1) is 5.39 Å². The van der Waals surface area contributed by atoms with Crippen molar-refractivity contribution in [3.05, 3.63) is 34.4 Å². The first kappa shape index (κ1) is 8.12. The van der Waals surface area contributed by atoms with Gasteiger partial charge in [-0.2, -0.15) is 4.98 Å². The average Bonchev–Trinajstić information content (AvgIpc) is 2.02. The maximum Gasteiger partial charge on any atom is 0.281 e. The molecule has 2 aromatic rings. The van der Waals surface area contributed by atoms with Crippen LogP contribution in [-0.2, 0) is 0 Å². The molecule has 3 nitrogen and oxygen atoms in total. The summed E-state index contributed by atoms with van der Waals surface area (Å²) in [6.07, 6.45) is 0. The van der Waals surface area contributed by atoms with Crippen LogP contribution in [0.1, 0.15) is 0 Å². The summed E-state index contributed by atoms with van der Waals surface area (Å²) in [6.45, 7) is 0. The van der Waals surface area contributed by atoms with E-state index >= 15 is 0 Å². The molecule has 0 radical (unpaired) electrons. The standard InChI is InChI=1S/C8H5FN2OS/c9-4-1-2-5-6(3-4)13-8(10)11-7(5)12/h1-3H,(H2,10,11,12). The van der Waals surface area contributed by atoms with Crippen molar-refractivity contribution in [3.63, 3.8) is 0 Å². The van der Waals surface area contributed by atoms with Crippen LogP contribution in [0.3, 0.4) is 0 Å². The van der Waals surface area contributed by atoms with Crippen LogP contribution in [0.15, 0.2) is 23.0 Å². The van der Waals surface area contributed by atoms with Gasteiger partial charge in [-0.3, -0.25) is 4.79 Å². The monoisotopic (exact) mass is 196 g/mol. The number of nitrogens with two attached hydrogens (primary N) is 1. The minimum Gasteiger partial charge on any atom is -0.375 e. The van der Waals surface area contributed by atoms with Gasteiger partial charge in [0.1, 0.15) is 5.82 Å². The summed E-state index contributed by atoms with van der Waals surface area (Å²) in [5, 5.41) is 0.559. The number of hydrogen-bond acceptors (Lipinski definition) is 4. The molecule has 66 valence electrons. The van der Waals surface area contributed by atoms with E-state index in [9.17, 15) is 9.18 Å². The second-order valence-electron chi connectivity index (χ2n) is 2.50. The molecule has 0 fully saturated rings. The maximum atomic E-state index is 12.7. The Morgan fingerprint density at radius 2 is 2.23 bits per heavy atom. The smallest absolute Gasteiger partial charge is 0.281 e. The number of hydrogen-bond donors (Lipinski definition) is 1. The Kier molecular flexibility index (Phi) is 1.73. The number of benzene rings is 1. The Morgan fingerprint density at radius 3 is 3.00 bits per heavy atom. The van der Waals surface area contributed by atoms with E-state index in [4.69, 9.17) is 5.73 Å². The van der Waals surface area contributed by atoms with Gasteiger partial charge in [-0.15, -0.1) is 0 Å². The molecule has 0 aliphatic rings. The summed E-state index contributed by atoms with van der Waals surface area (Å²) in [5.41, 5.74) is 4.95. The topological polar surface area (TPSA) is 56.0 Å². The first-order chi connectivity index (χ1) is 6.16. The average molecular weight is 196 g/mol. The largest absolute Gasteiger partial charge is 0.375 e. The van der Waals surface area contributed by atoms with Crippen LogP contribution in [0.2, 0.25) is 0 Å². The molecule has 0 spiro atoms. The Labute approximate surface area is 76.7 Å². The van der Waals surface area contributed by atoms with Gasteiger partial charge in [0.15, 0.2) is 5.13 Å². The van der Waals surface area contributed by atoms with Gasteiger partial charge in [-0.1, -0.05) is 11.3 Å². The highest BCUT2D eigenvalue weighted by molar-refractivity contribution is 7.21. The summed E-state index contributed by atoms with van der Waals surface area (Å²) in [6, 6.07) is 3.92. The van der Waals surface area contributed by atoms with Gasteiger partial charge in [0.25, 0.3) is 5.56 Å². The lowest BCUT2D eigenvalue weighted by molar-refractivity contribution is 0.630. The molecule has 0 saturated carbocycles. The highest BCUT2D eigenvalue weighted by Gasteiger charge is 2.02. The van der Waals surface area contributed by atoms with Crippen molar-refractivity contribution in [1.82, 2.24) is 4.98 Å². The third kappa shape index (κ3) is 1.38. The van der Waals surface area contributed by atoms with Crippen LogP contribution in [0.5, 0.6) is 0 Å². The van der Waals surface area contributed by atoms with Gasteiger partial charge < -0.3 is 5.73 Å². The van der Waals surface area contributed by atoms with E-state index in [-0.39, 0.29) is 10.9 Å². The highest BCUT2D eigenvalue weighted by atomic mass is 32.1. The summed E-state index contributed by atoms with van der Waals surface area (Å²) in [4.78, 5) is 14.8. The van der Waals surface area contributed by atoms with Crippen LogP contribution in [0.4, 0.5) is 9.52 Å². The molecule has 1 heterocycles. The normalized spacial score (nSPS) is 10.5. The fourth-order valence-electron chi connectivity index (χ4n) is 1.05. The SMILES string of the molecule is Nc1nc(=O)c2ccc(F)cc2s1. The molecule has 1 aromatic carbocycles. The number of nitrogens with zero attached hydrogens (tertiary/aromatic N) is 1. The third-order valence-electron chi connectivity index (χ3n) is 1.60. The second kappa shape index (κ2) is 2.77. The molecule has 0 saturated heterocycles. The molecule has 0 atom stereocenters. The lowest BCUT2D eigenvalue weighted by Crippen LogP contribution is -2.07. The van der Waals surface area contributed by atoms with Crippen molar-refractivity contribution in [2.75, 3.05) is 5.73 Å². The minimum absolute atomic E-state index is 0.156. The van der Waals surface area contributed by atoms with E-state index in [1.165, 1.54) is 18.2 Å². The molecule has 0 aliphatic heterocycles. The van der Waals surface area contributed by atoms with Crippen molar-refractivity contribution in [2.24, 2.45) is 0 Å². The van der Waals surface area contributed by atoms with Crippen molar-refractivity contribution in [2.45, 2.75) is 0 Å². The van der Waals surface area contributed by atoms with E-state index in [2.05, 4.69) is 4.98 Å². The number of fused-ring (bicyclic) bond motifs is 1. The summed E-state index contributed by atoms with van der Waals surface area (Å²) in [7, 11) is 0. The van der Waals surface area contributed by atoms with E-state index in [0.717, 1.165) is 11.3 Å². The minimum atomic E-state index is -0.411. The third-order valence-corrected chi connectivity index (χ3v) is 2.46. The maximum absolute atomic E-state index is 12.7. The zero-order valence-electron chi connectivity index (χ0n) is 6.45. The highest BCUT2D eigenvalue weighted by Crippen LogP contribution is 2.19. The first-order valence-electron chi connectivity index (χ1n) is 3.53. The molecule has 2 rings (SSSR count). The first-order valence-corrected chi connectivity index (χ1v) is 4.34. The molecular weight excluding hydrogens is 191 g/mol. The van der Waals surface area contributed by atoms with E-state index in [1.54, 1.807) is 0 Å². The lowest BCUT2D eigenvalue weighted by atomic mass is 10.3. The van der Waals surface area contributed by atoms with Crippen LogP contribution in [-0.4, -0.2) is 4.98 Å². The number of aromatic nitrogens is 1. The van der Waals surface area contributed by atoms with Gasteiger partial charge >= 0.3 is 0 Å². The van der Waals surface area contributed by atoms with Crippen LogP contribution >= 0.6 is 11.3 Å². The Bertz CT molecular complexity index is 518. The number of rotatable bonds is 0. The van der Waals surface area contributed by atoms with Gasteiger partial charge in [-0.25, -0.2) is 4.39 Å². The summed E-state index contributed by atoms with van der Waals surface area (Å²) >= 11 is 1.10. The zero-order valence-corrected chi connectivity index (χ0v) is 7.27. The lowest BCUT2D eigenvalue weighted by Gasteiger charge is -1.95. The predicted molar refractivity (Wildman–Crippen MR) is 50.3 cm³/mol. The molecule has 5 heteroatoms. The summed E-state index contributed by atoms with van der Waals surface area (Å²) < 4.78 is 13.3. The molecule has 2 N–H and O–H groups in total. The fraction of sp³-hybridized carbons (Fsp3) is 0. The van der Waals surface area contributed by atoms with Gasteiger partial charge in [0.2, 0.25) is 0 Å². The summed E-state index contributed by atoms with van der Waals surface area (Å²) in [5.74, 6) is -0.381. The van der Waals surface area contributed by atoms with E-state index < -0.39 is 5.56 Å². The predicted octanol–water partition coefficient (Wildman–Crippen LogP) is 1.38. The van der Waals surface area contributed by atoms with Crippen molar-refractivity contribution >= 4 is 26.6 Å². The Balaban J connectivity index is 2.95. The Morgan fingerprint density at radius 1 is 1.46 bits per heavy atom. The molecule has 13 heavy (non-hydrogen) atoms. The molecule has 0 unspecified atom stereocenters. The molecular formula is C8H5FN2OS. The van der Waals surface area contributed by atoms with Crippen LogP contribution in [0.25, 0.3) is 10.1 Å². The number of nitrogen functional groups attached to an aromatic ring is 1. The quantitative estimate of drug-likeness (QED) is 0.692. The number of halogens is 1. The van der Waals surface area contributed by atoms with Gasteiger partial charge in [-0.05, 0) is 18.2 Å². The molecule has 1 aromatic heterocycles. The second-order valence-corrected chi connectivity index (χ2v) is 3.56. The fourth-order valence-corrected chi connectivity index (χ4v) is 1.84. The van der Waals surface area contributed by atoms with Gasteiger partial charge in [0, 0.05) is 4.70 Å². The molecule has 0 bridgehead atoms. The van der Waals surface area contributed by atoms with Crippen molar-refractivity contribution in [3.8, 4) is 0 Å². The Hall–Kier alpha value is -1.49. The van der Waals surface area contributed by atoms with E-state index in [1.807, 2.05) is 0 Å². The number of anilines is 1. The van der Waals surface area contributed by atoms with Crippen molar-refractivity contribution in [1.29, 1.82) is 0 Å². The zero-order chi connectivity index (χ0) is 9.42. The van der Waals surface area contributed by atoms with Crippen LogP contribution in [0, 0.1) is 5.82 Å². The van der Waals surface area contributed by atoms with Crippen molar-refractivity contribution < 1.29 is 4.39 Å².